The van der Waals surface area contributed by atoms with Gasteiger partial charge < -0.3 is 9.64 Å². The standard InChI is InChI=1S/C16H23N5O/c1-3-20(8-9-21-7-4-6-17-21)16-11-15(18-13(2)19-16)14-5-10-22-12-14/h4,6-7,11,14H,3,5,8-10,12H2,1-2H3. The van der Waals surface area contributed by atoms with E-state index in [0.717, 1.165) is 56.6 Å². The molecule has 118 valence electrons. The molecule has 2 aromatic rings. The Morgan fingerprint density at radius 1 is 1.41 bits per heavy atom. The Labute approximate surface area is 131 Å². The summed E-state index contributed by atoms with van der Waals surface area (Å²) in [5, 5.41) is 4.26. The van der Waals surface area contributed by atoms with E-state index >= 15 is 0 Å². The van der Waals surface area contributed by atoms with Crippen LogP contribution in [0.25, 0.3) is 0 Å². The SMILES string of the molecule is CCN(CCn1cccn1)c1cc(C2CCOC2)nc(C)n1. The molecular weight excluding hydrogens is 278 g/mol. The van der Waals surface area contributed by atoms with E-state index in [1.165, 1.54) is 0 Å². The first-order valence-corrected chi connectivity index (χ1v) is 7.92. The normalized spacial score (nSPS) is 17.8. The van der Waals surface area contributed by atoms with Gasteiger partial charge in [-0.05, 0) is 26.3 Å². The maximum atomic E-state index is 5.49. The molecule has 0 spiro atoms. The van der Waals surface area contributed by atoms with Crippen molar-refractivity contribution in [3.63, 3.8) is 0 Å². The molecule has 0 aliphatic carbocycles. The van der Waals surface area contributed by atoms with E-state index in [2.05, 4.69) is 33.0 Å². The lowest BCUT2D eigenvalue weighted by Crippen LogP contribution is -2.28. The zero-order valence-corrected chi connectivity index (χ0v) is 13.3. The average Bonchev–Trinajstić information content (AvgIpc) is 3.21. The van der Waals surface area contributed by atoms with E-state index in [0.29, 0.717) is 5.92 Å². The summed E-state index contributed by atoms with van der Waals surface area (Å²) in [6, 6.07) is 4.07. The average molecular weight is 301 g/mol. The minimum absolute atomic E-state index is 0.408. The summed E-state index contributed by atoms with van der Waals surface area (Å²) in [4.78, 5) is 11.5. The van der Waals surface area contributed by atoms with Crippen LogP contribution in [0.1, 0.15) is 30.8 Å². The Kier molecular flexibility index (Phi) is 4.68. The Hall–Kier alpha value is -1.95. The summed E-state index contributed by atoms with van der Waals surface area (Å²) in [6.07, 6.45) is 4.85. The smallest absolute Gasteiger partial charge is 0.132 e. The molecule has 1 saturated heterocycles. The van der Waals surface area contributed by atoms with Crippen molar-refractivity contribution in [1.29, 1.82) is 0 Å². The molecule has 0 radical (unpaired) electrons. The van der Waals surface area contributed by atoms with E-state index in [4.69, 9.17) is 4.74 Å². The van der Waals surface area contributed by atoms with Gasteiger partial charge in [-0.3, -0.25) is 4.68 Å². The van der Waals surface area contributed by atoms with Gasteiger partial charge in [-0.15, -0.1) is 0 Å². The van der Waals surface area contributed by atoms with Crippen molar-refractivity contribution >= 4 is 5.82 Å². The van der Waals surface area contributed by atoms with Gasteiger partial charge in [0.1, 0.15) is 11.6 Å². The zero-order valence-electron chi connectivity index (χ0n) is 13.3. The van der Waals surface area contributed by atoms with Crippen molar-refractivity contribution in [1.82, 2.24) is 19.7 Å². The number of anilines is 1. The van der Waals surface area contributed by atoms with Gasteiger partial charge in [0, 0.05) is 44.1 Å². The number of hydrogen-bond donors (Lipinski definition) is 0. The number of rotatable bonds is 6. The van der Waals surface area contributed by atoms with Gasteiger partial charge in [-0.2, -0.15) is 5.10 Å². The van der Waals surface area contributed by atoms with Crippen molar-refractivity contribution in [3.05, 3.63) is 36.0 Å². The molecule has 6 nitrogen and oxygen atoms in total. The van der Waals surface area contributed by atoms with Gasteiger partial charge in [0.25, 0.3) is 0 Å². The number of aromatic nitrogens is 4. The molecule has 3 heterocycles. The number of ether oxygens (including phenoxy) is 1. The molecule has 1 aliphatic rings. The summed E-state index contributed by atoms with van der Waals surface area (Å²) >= 11 is 0. The molecule has 1 aliphatic heterocycles. The van der Waals surface area contributed by atoms with Crippen LogP contribution in [-0.2, 0) is 11.3 Å². The van der Waals surface area contributed by atoms with E-state index in [1.54, 1.807) is 0 Å². The Balaban J connectivity index is 1.75. The maximum absolute atomic E-state index is 5.49. The number of aryl methyl sites for hydroxylation is 1. The van der Waals surface area contributed by atoms with Crippen molar-refractivity contribution in [2.75, 3.05) is 31.2 Å². The number of nitrogens with zero attached hydrogens (tertiary/aromatic N) is 5. The predicted molar refractivity (Wildman–Crippen MR) is 85.1 cm³/mol. The fraction of sp³-hybridized carbons (Fsp3) is 0.562. The molecular formula is C16H23N5O. The molecule has 0 bridgehead atoms. The quantitative estimate of drug-likeness (QED) is 0.817. The lowest BCUT2D eigenvalue weighted by Gasteiger charge is -2.23. The van der Waals surface area contributed by atoms with Crippen LogP contribution in [0, 0.1) is 6.92 Å². The summed E-state index contributed by atoms with van der Waals surface area (Å²) < 4.78 is 7.44. The zero-order chi connectivity index (χ0) is 15.4. The second-order valence-corrected chi connectivity index (χ2v) is 5.61. The van der Waals surface area contributed by atoms with E-state index < -0.39 is 0 Å². The van der Waals surface area contributed by atoms with Crippen LogP contribution >= 0.6 is 0 Å². The molecule has 0 N–H and O–H groups in total. The van der Waals surface area contributed by atoms with Gasteiger partial charge in [-0.1, -0.05) is 0 Å². The molecule has 22 heavy (non-hydrogen) atoms. The minimum atomic E-state index is 0.408. The van der Waals surface area contributed by atoms with Gasteiger partial charge in [0.2, 0.25) is 0 Å². The molecule has 3 rings (SSSR count). The van der Waals surface area contributed by atoms with Crippen LogP contribution in [0.5, 0.6) is 0 Å². The minimum Gasteiger partial charge on any atom is -0.381 e. The number of likely N-dealkylation sites (N-methyl/N-ethyl adjacent to an activating group) is 1. The Bertz CT molecular complexity index is 593. The summed E-state index contributed by atoms with van der Waals surface area (Å²) in [5.74, 6) is 2.24. The highest BCUT2D eigenvalue weighted by Crippen LogP contribution is 2.26. The molecule has 6 heteroatoms. The lowest BCUT2D eigenvalue weighted by molar-refractivity contribution is 0.193. The first kappa shape index (κ1) is 15.0. The van der Waals surface area contributed by atoms with E-state index in [-0.39, 0.29) is 0 Å². The van der Waals surface area contributed by atoms with Crippen LogP contribution in [0.15, 0.2) is 24.5 Å². The largest absolute Gasteiger partial charge is 0.381 e. The van der Waals surface area contributed by atoms with Crippen LogP contribution in [0.3, 0.4) is 0 Å². The number of hydrogen-bond acceptors (Lipinski definition) is 5. The summed E-state index contributed by atoms with van der Waals surface area (Å²) in [5.41, 5.74) is 1.11. The second-order valence-electron chi connectivity index (χ2n) is 5.61. The topological polar surface area (TPSA) is 56.1 Å². The highest BCUT2D eigenvalue weighted by Gasteiger charge is 2.21. The van der Waals surface area contributed by atoms with Crippen LogP contribution < -0.4 is 4.90 Å². The third-order valence-corrected chi connectivity index (χ3v) is 4.06. The van der Waals surface area contributed by atoms with Crippen molar-refractivity contribution in [2.24, 2.45) is 0 Å². The molecule has 0 saturated carbocycles. The van der Waals surface area contributed by atoms with E-state index in [1.807, 2.05) is 30.1 Å². The molecule has 0 aromatic carbocycles. The third kappa shape index (κ3) is 3.44. The maximum Gasteiger partial charge on any atom is 0.132 e. The highest BCUT2D eigenvalue weighted by atomic mass is 16.5. The van der Waals surface area contributed by atoms with E-state index in [9.17, 15) is 0 Å². The molecule has 1 fully saturated rings. The fourth-order valence-corrected chi connectivity index (χ4v) is 2.80. The lowest BCUT2D eigenvalue weighted by atomic mass is 10.0. The molecule has 1 unspecified atom stereocenters. The fourth-order valence-electron chi connectivity index (χ4n) is 2.80. The first-order valence-electron chi connectivity index (χ1n) is 7.92. The van der Waals surface area contributed by atoms with Crippen LogP contribution in [0.2, 0.25) is 0 Å². The van der Waals surface area contributed by atoms with Gasteiger partial charge in [0.15, 0.2) is 0 Å². The van der Waals surface area contributed by atoms with Gasteiger partial charge in [-0.25, -0.2) is 9.97 Å². The first-order chi connectivity index (χ1) is 10.8. The van der Waals surface area contributed by atoms with Crippen LogP contribution in [-0.4, -0.2) is 46.1 Å². The molecule has 0 amide bonds. The summed E-state index contributed by atoms with van der Waals surface area (Å²) in [7, 11) is 0. The molecule has 1 atom stereocenters. The molecule has 2 aromatic heterocycles. The van der Waals surface area contributed by atoms with Crippen molar-refractivity contribution in [3.8, 4) is 0 Å². The predicted octanol–water partition coefficient (Wildman–Crippen LogP) is 2.01. The van der Waals surface area contributed by atoms with Crippen molar-refractivity contribution < 1.29 is 4.74 Å². The van der Waals surface area contributed by atoms with Crippen molar-refractivity contribution in [2.45, 2.75) is 32.7 Å². The van der Waals surface area contributed by atoms with Gasteiger partial charge in [0.05, 0.1) is 18.8 Å². The second kappa shape index (κ2) is 6.87. The van der Waals surface area contributed by atoms with Gasteiger partial charge >= 0.3 is 0 Å². The highest BCUT2D eigenvalue weighted by molar-refractivity contribution is 5.40. The Morgan fingerprint density at radius 2 is 2.32 bits per heavy atom. The summed E-state index contributed by atoms with van der Waals surface area (Å²) in [6.45, 7) is 8.37. The Morgan fingerprint density at radius 3 is 3.00 bits per heavy atom. The third-order valence-electron chi connectivity index (χ3n) is 4.06. The monoisotopic (exact) mass is 301 g/mol. The van der Waals surface area contributed by atoms with Crippen LogP contribution in [0.4, 0.5) is 5.82 Å².